The molecule has 1 saturated carbocycles. The molecular formula is C16H23NO3. The highest BCUT2D eigenvalue weighted by atomic mass is 16.6. The van der Waals surface area contributed by atoms with Crippen LogP contribution < -0.4 is 15.2 Å². The molecule has 1 aromatic rings. The molecule has 0 amide bonds. The standard InChI is InChI=1S/C16H23NO3/c1-18-14-5-4-12(17)10-15(14)19-11-13-6-9-16(20-13)7-2-3-8-16/h4-5,10,13H,2-3,6-9,11,17H2,1H3. The highest BCUT2D eigenvalue weighted by Crippen LogP contribution is 2.43. The van der Waals surface area contributed by atoms with Gasteiger partial charge in [0.25, 0.3) is 0 Å². The van der Waals surface area contributed by atoms with Crippen LogP contribution in [0.2, 0.25) is 0 Å². The largest absolute Gasteiger partial charge is 0.493 e. The van der Waals surface area contributed by atoms with Crippen molar-refractivity contribution in [3.63, 3.8) is 0 Å². The van der Waals surface area contributed by atoms with Gasteiger partial charge >= 0.3 is 0 Å². The van der Waals surface area contributed by atoms with Gasteiger partial charge in [-0.15, -0.1) is 0 Å². The van der Waals surface area contributed by atoms with Gasteiger partial charge in [-0.25, -0.2) is 0 Å². The molecule has 1 saturated heterocycles. The number of hydrogen-bond acceptors (Lipinski definition) is 4. The zero-order valence-corrected chi connectivity index (χ0v) is 12.1. The Morgan fingerprint density at radius 1 is 1.25 bits per heavy atom. The molecule has 3 rings (SSSR count). The predicted octanol–water partition coefficient (Wildman–Crippen LogP) is 3.15. The molecule has 0 aromatic heterocycles. The monoisotopic (exact) mass is 277 g/mol. The number of benzene rings is 1. The summed E-state index contributed by atoms with van der Waals surface area (Å²) in [6.45, 7) is 0.571. The number of hydrogen-bond donors (Lipinski definition) is 1. The molecule has 2 N–H and O–H groups in total. The minimum Gasteiger partial charge on any atom is -0.493 e. The molecule has 20 heavy (non-hydrogen) atoms. The van der Waals surface area contributed by atoms with E-state index >= 15 is 0 Å². The second-order valence-electron chi connectivity index (χ2n) is 5.89. The van der Waals surface area contributed by atoms with Crippen molar-refractivity contribution < 1.29 is 14.2 Å². The van der Waals surface area contributed by atoms with E-state index in [-0.39, 0.29) is 11.7 Å². The van der Waals surface area contributed by atoms with Crippen molar-refractivity contribution >= 4 is 5.69 Å². The van der Waals surface area contributed by atoms with Crippen LogP contribution in [-0.2, 0) is 4.74 Å². The third-order valence-electron chi connectivity index (χ3n) is 4.47. The lowest BCUT2D eigenvalue weighted by molar-refractivity contribution is -0.0510. The Balaban J connectivity index is 1.59. The van der Waals surface area contributed by atoms with Crippen LogP contribution in [0.15, 0.2) is 18.2 Å². The van der Waals surface area contributed by atoms with Crippen molar-refractivity contribution in [2.24, 2.45) is 0 Å². The third kappa shape index (κ3) is 2.70. The number of ether oxygens (including phenoxy) is 3. The van der Waals surface area contributed by atoms with E-state index in [0.717, 1.165) is 6.42 Å². The Hall–Kier alpha value is -1.42. The Morgan fingerprint density at radius 3 is 2.80 bits per heavy atom. The van der Waals surface area contributed by atoms with Gasteiger partial charge in [0.2, 0.25) is 0 Å². The van der Waals surface area contributed by atoms with Gasteiger partial charge in [-0.05, 0) is 37.8 Å². The topological polar surface area (TPSA) is 53.7 Å². The first-order chi connectivity index (χ1) is 9.71. The van der Waals surface area contributed by atoms with E-state index in [0.29, 0.717) is 23.8 Å². The minimum atomic E-state index is 0.161. The van der Waals surface area contributed by atoms with Crippen molar-refractivity contribution in [2.75, 3.05) is 19.5 Å². The van der Waals surface area contributed by atoms with Gasteiger partial charge < -0.3 is 19.9 Å². The molecule has 0 bridgehead atoms. The fourth-order valence-electron chi connectivity index (χ4n) is 3.39. The van der Waals surface area contributed by atoms with Gasteiger partial charge in [-0.2, -0.15) is 0 Å². The van der Waals surface area contributed by atoms with E-state index in [1.165, 1.54) is 32.1 Å². The average Bonchev–Trinajstić information content (AvgIpc) is 3.07. The molecule has 1 heterocycles. The molecule has 110 valence electrons. The first kappa shape index (κ1) is 13.6. The quantitative estimate of drug-likeness (QED) is 0.859. The van der Waals surface area contributed by atoms with Crippen LogP contribution >= 0.6 is 0 Å². The summed E-state index contributed by atoms with van der Waals surface area (Å²) < 4.78 is 17.4. The summed E-state index contributed by atoms with van der Waals surface area (Å²) in [5, 5.41) is 0. The van der Waals surface area contributed by atoms with E-state index in [2.05, 4.69) is 0 Å². The van der Waals surface area contributed by atoms with Crippen molar-refractivity contribution in [3.8, 4) is 11.5 Å². The summed E-state index contributed by atoms with van der Waals surface area (Å²) in [5.74, 6) is 1.41. The molecule has 0 radical (unpaired) electrons. The van der Waals surface area contributed by atoms with Crippen molar-refractivity contribution in [3.05, 3.63) is 18.2 Å². The lowest BCUT2D eigenvalue weighted by atomic mass is 9.98. The number of methoxy groups -OCH3 is 1. The molecule has 1 spiro atoms. The van der Waals surface area contributed by atoms with Gasteiger partial charge in [0.15, 0.2) is 11.5 Å². The van der Waals surface area contributed by atoms with Crippen molar-refractivity contribution in [1.82, 2.24) is 0 Å². The van der Waals surface area contributed by atoms with Crippen LogP contribution in [-0.4, -0.2) is 25.4 Å². The molecule has 2 fully saturated rings. The maximum absolute atomic E-state index is 6.24. The normalized spacial score (nSPS) is 24.1. The number of anilines is 1. The van der Waals surface area contributed by atoms with Crippen LogP contribution in [0.5, 0.6) is 11.5 Å². The second kappa shape index (κ2) is 5.52. The Morgan fingerprint density at radius 2 is 2.05 bits per heavy atom. The fraction of sp³-hybridized carbons (Fsp3) is 0.625. The van der Waals surface area contributed by atoms with Crippen LogP contribution in [0.25, 0.3) is 0 Å². The van der Waals surface area contributed by atoms with Crippen LogP contribution in [0.4, 0.5) is 5.69 Å². The Labute approximate surface area is 120 Å². The average molecular weight is 277 g/mol. The molecule has 4 heteroatoms. The number of nitrogens with two attached hydrogens (primary N) is 1. The van der Waals surface area contributed by atoms with Gasteiger partial charge in [-0.1, -0.05) is 12.8 Å². The Bertz CT molecular complexity index is 469. The predicted molar refractivity (Wildman–Crippen MR) is 78.2 cm³/mol. The van der Waals surface area contributed by atoms with Gasteiger partial charge in [0.1, 0.15) is 6.61 Å². The molecule has 2 aliphatic rings. The van der Waals surface area contributed by atoms with Gasteiger partial charge in [0.05, 0.1) is 18.8 Å². The summed E-state index contributed by atoms with van der Waals surface area (Å²) in [5.41, 5.74) is 6.64. The van der Waals surface area contributed by atoms with Crippen molar-refractivity contribution in [1.29, 1.82) is 0 Å². The maximum atomic E-state index is 6.24. The SMILES string of the molecule is COc1ccc(N)cc1OCC1CCC2(CCCC2)O1. The summed E-state index contributed by atoms with van der Waals surface area (Å²) in [6.07, 6.45) is 7.49. The van der Waals surface area contributed by atoms with E-state index < -0.39 is 0 Å². The lowest BCUT2D eigenvalue weighted by Gasteiger charge is -2.24. The van der Waals surface area contributed by atoms with E-state index in [9.17, 15) is 0 Å². The molecule has 1 aromatic carbocycles. The first-order valence-corrected chi connectivity index (χ1v) is 7.45. The molecule has 4 nitrogen and oxygen atoms in total. The van der Waals surface area contributed by atoms with Gasteiger partial charge in [0, 0.05) is 11.8 Å². The van der Waals surface area contributed by atoms with Crippen LogP contribution in [0.3, 0.4) is 0 Å². The molecular weight excluding hydrogens is 254 g/mol. The van der Waals surface area contributed by atoms with E-state index in [1.807, 2.05) is 12.1 Å². The fourth-order valence-corrected chi connectivity index (χ4v) is 3.39. The van der Waals surface area contributed by atoms with E-state index in [4.69, 9.17) is 19.9 Å². The lowest BCUT2D eigenvalue weighted by Crippen LogP contribution is -2.27. The Kier molecular flexibility index (Phi) is 3.74. The molecule has 1 aliphatic carbocycles. The molecule has 1 aliphatic heterocycles. The first-order valence-electron chi connectivity index (χ1n) is 7.45. The van der Waals surface area contributed by atoms with E-state index in [1.54, 1.807) is 13.2 Å². The molecule has 1 unspecified atom stereocenters. The number of nitrogen functional groups attached to an aromatic ring is 1. The third-order valence-corrected chi connectivity index (χ3v) is 4.47. The highest BCUT2D eigenvalue weighted by Gasteiger charge is 2.42. The molecule has 1 atom stereocenters. The summed E-state index contributed by atoms with van der Waals surface area (Å²) >= 11 is 0. The zero-order chi connectivity index (χ0) is 14.0. The van der Waals surface area contributed by atoms with Crippen molar-refractivity contribution in [2.45, 2.75) is 50.2 Å². The summed E-state index contributed by atoms with van der Waals surface area (Å²) in [6, 6.07) is 5.45. The minimum absolute atomic E-state index is 0.161. The van der Waals surface area contributed by atoms with Crippen LogP contribution in [0, 0.1) is 0 Å². The second-order valence-corrected chi connectivity index (χ2v) is 5.89. The van der Waals surface area contributed by atoms with Gasteiger partial charge in [-0.3, -0.25) is 0 Å². The number of rotatable bonds is 4. The zero-order valence-electron chi connectivity index (χ0n) is 12.1. The highest BCUT2D eigenvalue weighted by molar-refractivity contribution is 5.51. The maximum Gasteiger partial charge on any atom is 0.163 e. The van der Waals surface area contributed by atoms with Crippen LogP contribution in [0.1, 0.15) is 38.5 Å². The summed E-state index contributed by atoms with van der Waals surface area (Å²) in [7, 11) is 1.64. The summed E-state index contributed by atoms with van der Waals surface area (Å²) in [4.78, 5) is 0. The smallest absolute Gasteiger partial charge is 0.163 e.